The molecule has 12 heavy (non-hydrogen) atoms. The third-order valence-electron chi connectivity index (χ3n) is 0. The van der Waals surface area contributed by atoms with Gasteiger partial charge in [0.15, 0.2) is 17.4 Å². The van der Waals surface area contributed by atoms with E-state index in [2.05, 4.69) is 0 Å². The van der Waals surface area contributed by atoms with Gasteiger partial charge >= 0.3 is 43.9 Å². The first-order chi connectivity index (χ1) is 3.46. The standard InChI is InChI=1S/CH2O3.Al.Ca.HNO3.2H2O.5H/c2-1(3)4;;;2-1(3)4;;;;;;;/h(H2,2,3,4);;;(H,2,3,4);2*1H2;;;;;. The number of nitrogens with zero attached hydrogens (tertiary/aromatic N) is 1. The molecule has 0 aromatic carbocycles. The van der Waals surface area contributed by atoms with Crippen molar-refractivity contribution >= 4 is 61.3 Å². The van der Waals surface area contributed by atoms with E-state index in [1.165, 1.54) is 0 Å². The molecule has 0 atom stereocenters. The zero-order valence-corrected chi connectivity index (χ0v) is 4.51. The molecule has 9 nitrogen and oxygen atoms in total. The van der Waals surface area contributed by atoms with E-state index in [0.717, 1.165) is 0 Å². The second-order valence-electron chi connectivity index (χ2n) is 0.520. The molecular weight excluding hydrogens is 221 g/mol. The van der Waals surface area contributed by atoms with E-state index in [-0.39, 0.29) is 66.1 Å². The van der Waals surface area contributed by atoms with Gasteiger partial charge in [-0.25, -0.2) is 4.79 Å². The second-order valence-corrected chi connectivity index (χ2v) is 0.520. The van der Waals surface area contributed by atoms with Crippen LogP contribution in [0.25, 0.3) is 0 Å². The summed E-state index contributed by atoms with van der Waals surface area (Å²) in [5, 5.41) is 27.6. The van der Waals surface area contributed by atoms with Crippen molar-refractivity contribution in [1.82, 2.24) is 0 Å². The van der Waals surface area contributed by atoms with E-state index in [0.29, 0.717) is 0 Å². The van der Waals surface area contributed by atoms with Crippen molar-refractivity contribution in [3.05, 3.63) is 10.1 Å². The molecule has 0 radical (unpaired) electrons. The van der Waals surface area contributed by atoms with Crippen LogP contribution in [0.2, 0.25) is 0 Å². The summed E-state index contributed by atoms with van der Waals surface area (Å²) in [4.78, 5) is 16.9. The third-order valence-corrected chi connectivity index (χ3v) is 0. The molecule has 0 spiro atoms. The van der Waals surface area contributed by atoms with E-state index < -0.39 is 11.2 Å². The van der Waals surface area contributed by atoms with Gasteiger partial charge in [0.1, 0.15) is 0 Å². The average Bonchev–Trinajstić information content (AvgIpc) is 1.25. The molecule has 0 aliphatic heterocycles. The molecular formula is CH12AlCaNO8. The molecule has 0 aromatic heterocycles. The van der Waals surface area contributed by atoms with Crippen LogP contribution in [0.15, 0.2) is 0 Å². The van der Waals surface area contributed by atoms with Crippen molar-refractivity contribution < 1.29 is 36.3 Å². The molecule has 0 bridgehead atoms. The van der Waals surface area contributed by atoms with Crippen LogP contribution in [0.4, 0.5) is 4.79 Å². The minimum absolute atomic E-state index is 0. The number of hydrogen-bond acceptors (Lipinski definition) is 3. The summed E-state index contributed by atoms with van der Waals surface area (Å²) < 4.78 is 0. The van der Waals surface area contributed by atoms with Crippen LogP contribution in [0.5, 0.6) is 0 Å². The fourth-order valence-electron chi connectivity index (χ4n) is 0. The Hall–Kier alpha value is 0.182. The predicted molar refractivity (Wildman–Crippen MR) is 45.1 cm³/mol. The number of carboxylic acid groups (broad SMARTS) is 2. The molecule has 0 aliphatic carbocycles. The Labute approximate surface area is 107 Å². The van der Waals surface area contributed by atoms with Crippen molar-refractivity contribution in [2.24, 2.45) is 0 Å². The van der Waals surface area contributed by atoms with Gasteiger partial charge in [-0.15, -0.1) is 10.1 Å². The van der Waals surface area contributed by atoms with E-state index in [4.69, 9.17) is 30.3 Å². The van der Waals surface area contributed by atoms with Crippen LogP contribution in [-0.4, -0.2) is 92.7 Å². The van der Waals surface area contributed by atoms with Gasteiger partial charge in [0.05, 0.1) is 0 Å². The summed E-state index contributed by atoms with van der Waals surface area (Å²) >= 11 is 0. The maximum absolute atomic E-state index is 8.56. The molecule has 0 heterocycles. The molecule has 7 N–H and O–H groups in total. The molecule has 0 rings (SSSR count). The van der Waals surface area contributed by atoms with Crippen LogP contribution in [0.3, 0.4) is 0 Å². The van der Waals surface area contributed by atoms with E-state index in [1.807, 2.05) is 0 Å². The Morgan fingerprint density at radius 2 is 1.25 bits per heavy atom. The number of hydrogen-bond donors (Lipinski definition) is 3. The van der Waals surface area contributed by atoms with Crippen LogP contribution in [0.1, 0.15) is 0 Å². The van der Waals surface area contributed by atoms with E-state index in [9.17, 15) is 0 Å². The fourth-order valence-corrected chi connectivity index (χ4v) is 0. The third kappa shape index (κ3) is 25900. The molecule has 0 saturated carbocycles. The second kappa shape index (κ2) is 30.3. The van der Waals surface area contributed by atoms with E-state index >= 15 is 0 Å². The van der Waals surface area contributed by atoms with Gasteiger partial charge < -0.3 is 26.4 Å². The van der Waals surface area contributed by atoms with Gasteiger partial charge in [-0.1, -0.05) is 0 Å². The predicted octanol–water partition coefficient (Wildman–Crippen LogP) is -3.87. The molecule has 0 aromatic rings. The van der Waals surface area contributed by atoms with Gasteiger partial charge in [0.25, 0.3) is 5.09 Å². The minimum atomic E-state index is -1.83. The van der Waals surface area contributed by atoms with Crippen molar-refractivity contribution in [3.8, 4) is 0 Å². The quantitative estimate of drug-likeness (QED) is 0.218. The Kier molecular flexibility index (Phi) is 101. The normalized spacial score (nSPS) is 4.00. The number of rotatable bonds is 0. The zero-order chi connectivity index (χ0) is 7.15. The van der Waals surface area contributed by atoms with Gasteiger partial charge in [0, 0.05) is 0 Å². The summed E-state index contributed by atoms with van der Waals surface area (Å²) in [5.41, 5.74) is 0. The summed E-state index contributed by atoms with van der Waals surface area (Å²) in [6.07, 6.45) is -1.83. The molecule has 0 unspecified atom stereocenters. The molecule has 0 aliphatic rings. The van der Waals surface area contributed by atoms with Crippen molar-refractivity contribution in [1.29, 1.82) is 0 Å². The monoisotopic (exact) mass is 233 g/mol. The van der Waals surface area contributed by atoms with Crippen LogP contribution in [-0.2, 0) is 0 Å². The van der Waals surface area contributed by atoms with Gasteiger partial charge in [-0.3, -0.25) is 0 Å². The van der Waals surface area contributed by atoms with Crippen molar-refractivity contribution in [3.63, 3.8) is 0 Å². The Balaban J connectivity index is -0.0000000112. The molecule has 74 valence electrons. The first-order valence-corrected chi connectivity index (χ1v) is 1.22. The summed E-state index contributed by atoms with van der Waals surface area (Å²) in [7, 11) is 0. The molecule has 11 heteroatoms. The van der Waals surface area contributed by atoms with Crippen molar-refractivity contribution in [2.45, 2.75) is 0 Å². The van der Waals surface area contributed by atoms with Crippen LogP contribution >= 0.6 is 0 Å². The SMILES string of the molecule is O.O.O=C(O)O.O=[N+]([O-])O.[AlH3].[CaH2]. The van der Waals surface area contributed by atoms with Gasteiger partial charge in [0.2, 0.25) is 0 Å². The first kappa shape index (κ1) is 39.9. The van der Waals surface area contributed by atoms with Crippen LogP contribution in [0, 0.1) is 10.1 Å². The first-order valence-electron chi connectivity index (χ1n) is 1.22. The molecule has 0 amide bonds. The Morgan fingerprint density at radius 1 is 1.25 bits per heavy atom. The Morgan fingerprint density at radius 3 is 1.25 bits per heavy atom. The van der Waals surface area contributed by atoms with Gasteiger partial charge in [-0.05, 0) is 0 Å². The molecule has 0 saturated heterocycles. The summed E-state index contributed by atoms with van der Waals surface area (Å²) in [6.45, 7) is 0. The summed E-state index contributed by atoms with van der Waals surface area (Å²) in [5.74, 6) is 0. The van der Waals surface area contributed by atoms with Crippen molar-refractivity contribution in [2.75, 3.05) is 0 Å². The molecule has 0 fully saturated rings. The number of carbonyl (C=O) groups is 1. The van der Waals surface area contributed by atoms with Crippen LogP contribution < -0.4 is 0 Å². The van der Waals surface area contributed by atoms with E-state index in [1.54, 1.807) is 0 Å². The fraction of sp³-hybridized carbons (Fsp3) is 0. The zero-order valence-electron chi connectivity index (χ0n) is 4.51. The van der Waals surface area contributed by atoms with Gasteiger partial charge in [-0.2, -0.15) is 0 Å². The summed E-state index contributed by atoms with van der Waals surface area (Å²) in [6, 6.07) is 0. The Bertz CT molecular complexity index is 77.1. The topological polar surface area (TPSA) is 184 Å². The average molecular weight is 233 g/mol. The maximum atomic E-state index is 8.56.